The molecule has 0 aliphatic carbocycles. The van der Waals surface area contributed by atoms with Crippen molar-refractivity contribution in [2.24, 2.45) is 5.73 Å². The fourth-order valence-corrected chi connectivity index (χ4v) is 2.07. The lowest BCUT2D eigenvalue weighted by molar-refractivity contribution is 0.812. The van der Waals surface area contributed by atoms with Crippen LogP contribution in [0.1, 0.15) is 18.5 Å². The molecule has 1 unspecified atom stereocenters. The largest absolute Gasteiger partial charge is 0.324 e. The van der Waals surface area contributed by atoms with Crippen LogP contribution in [-0.4, -0.2) is 9.97 Å². The molecule has 2 aromatic heterocycles. The van der Waals surface area contributed by atoms with Gasteiger partial charge in [0, 0.05) is 29.4 Å². The zero-order valence-corrected chi connectivity index (χ0v) is 10.7. The Morgan fingerprint density at radius 2 is 1.89 bits per heavy atom. The van der Waals surface area contributed by atoms with Crippen LogP contribution in [0.15, 0.2) is 54.9 Å². The molecule has 94 valence electrons. The Balaban J connectivity index is 2.11. The highest BCUT2D eigenvalue weighted by molar-refractivity contribution is 5.81. The molecular weight excluding hydrogens is 234 g/mol. The Hall–Kier alpha value is -2.26. The number of nitrogens with zero attached hydrogens (tertiary/aromatic N) is 2. The molecule has 0 saturated heterocycles. The van der Waals surface area contributed by atoms with Crippen LogP contribution in [-0.2, 0) is 0 Å². The van der Waals surface area contributed by atoms with E-state index in [9.17, 15) is 0 Å². The normalized spacial score (nSPS) is 12.5. The maximum atomic E-state index is 5.89. The number of aromatic nitrogens is 2. The van der Waals surface area contributed by atoms with Gasteiger partial charge in [-0.05, 0) is 30.7 Å². The molecule has 3 rings (SSSR count). The second-order valence-corrected chi connectivity index (χ2v) is 4.68. The van der Waals surface area contributed by atoms with Crippen LogP contribution in [0, 0.1) is 0 Å². The zero-order valence-electron chi connectivity index (χ0n) is 10.7. The maximum Gasteiger partial charge on any atom is 0.0725 e. The Bertz CT molecular complexity index is 720. The summed E-state index contributed by atoms with van der Waals surface area (Å²) in [6, 6.07) is 14.2. The smallest absolute Gasteiger partial charge is 0.0725 e. The van der Waals surface area contributed by atoms with Gasteiger partial charge in [0.2, 0.25) is 0 Å². The van der Waals surface area contributed by atoms with E-state index in [4.69, 9.17) is 5.73 Å². The Morgan fingerprint density at radius 1 is 1.05 bits per heavy atom. The molecule has 0 aliphatic heterocycles. The van der Waals surface area contributed by atoms with Crippen molar-refractivity contribution in [2.75, 3.05) is 0 Å². The maximum absolute atomic E-state index is 5.89. The fourth-order valence-electron chi connectivity index (χ4n) is 2.07. The van der Waals surface area contributed by atoms with Crippen LogP contribution in [0.2, 0.25) is 0 Å². The van der Waals surface area contributed by atoms with E-state index >= 15 is 0 Å². The molecule has 0 amide bonds. The summed E-state index contributed by atoms with van der Waals surface area (Å²) in [5.41, 5.74) is 9.83. The quantitative estimate of drug-likeness (QED) is 0.758. The highest BCUT2D eigenvalue weighted by Gasteiger charge is 2.05. The average molecular weight is 249 g/mol. The number of hydrogen-bond acceptors (Lipinski definition) is 3. The number of hydrogen-bond donors (Lipinski definition) is 1. The van der Waals surface area contributed by atoms with Crippen molar-refractivity contribution in [2.45, 2.75) is 13.0 Å². The minimum Gasteiger partial charge on any atom is -0.324 e. The number of rotatable bonds is 2. The average Bonchev–Trinajstić information content (AvgIpc) is 2.47. The van der Waals surface area contributed by atoms with Crippen molar-refractivity contribution < 1.29 is 0 Å². The van der Waals surface area contributed by atoms with Gasteiger partial charge in [-0.2, -0.15) is 0 Å². The third-order valence-electron chi connectivity index (χ3n) is 3.18. The minimum absolute atomic E-state index is 0.0205. The third kappa shape index (κ3) is 2.33. The molecule has 0 fully saturated rings. The zero-order chi connectivity index (χ0) is 13.2. The highest BCUT2D eigenvalue weighted by atomic mass is 14.7. The first-order chi connectivity index (χ1) is 9.24. The van der Waals surface area contributed by atoms with E-state index < -0.39 is 0 Å². The minimum atomic E-state index is -0.0205. The van der Waals surface area contributed by atoms with Crippen molar-refractivity contribution >= 4 is 10.9 Å². The van der Waals surface area contributed by atoms with E-state index in [0.29, 0.717) is 0 Å². The molecule has 2 heterocycles. The summed E-state index contributed by atoms with van der Waals surface area (Å²) in [6.07, 6.45) is 3.62. The molecule has 3 nitrogen and oxygen atoms in total. The second-order valence-electron chi connectivity index (χ2n) is 4.68. The molecule has 0 bridgehead atoms. The lowest BCUT2D eigenvalue weighted by atomic mass is 10.1. The molecule has 0 radical (unpaired) electrons. The molecule has 1 aromatic carbocycles. The summed E-state index contributed by atoms with van der Waals surface area (Å²) in [6.45, 7) is 1.95. The number of benzene rings is 1. The first-order valence-corrected chi connectivity index (χ1v) is 6.31. The van der Waals surface area contributed by atoms with Crippen molar-refractivity contribution in [3.8, 4) is 11.3 Å². The van der Waals surface area contributed by atoms with Crippen LogP contribution >= 0.6 is 0 Å². The van der Waals surface area contributed by atoms with Crippen molar-refractivity contribution in [3.05, 3.63) is 60.4 Å². The molecule has 3 heteroatoms. The molecule has 2 N–H and O–H groups in total. The van der Waals surface area contributed by atoms with Gasteiger partial charge in [0.05, 0.1) is 11.2 Å². The molecule has 3 aromatic rings. The van der Waals surface area contributed by atoms with E-state index in [1.54, 1.807) is 6.20 Å². The summed E-state index contributed by atoms with van der Waals surface area (Å²) < 4.78 is 0. The summed E-state index contributed by atoms with van der Waals surface area (Å²) in [5, 5.41) is 1.14. The van der Waals surface area contributed by atoms with Crippen molar-refractivity contribution in [3.63, 3.8) is 0 Å². The second kappa shape index (κ2) is 4.78. The van der Waals surface area contributed by atoms with Crippen molar-refractivity contribution in [1.29, 1.82) is 0 Å². The number of nitrogens with two attached hydrogens (primary N) is 1. The van der Waals surface area contributed by atoms with Crippen LogP contribution < -0.4 is 5.73 Å². The van der Waals surface area contributed by atoms with Gasteiger partial charge in [-0.25, -0.2) is 4.98 Å². The number of para-hydroxylation sites is 1. The highest BCUT2D eigenvalue weighted by Crippen LogP contribution is 2.22. The van der Waals surface area contributed by atoms with Gasteiger partial charge in [0.15, 0.2) is 0 Å². The van der Waals surface area contributed by atoms with E-state index in [1.807, 2.05) is 37.4 Å². The number of fused-ring (bicyclic) bond motifs is 1. The van der Waals surface area contributed by atoms with Crippen LogP contribution in [0.4, 0.5) is 0 Å². The molecule has 1 atom stereocenters. The van der Waals surface area contributed by atoms with Crippen molar-refractivity contribution in [1.82, 2.24) is 9.97 Å². The summed E-state index contributed by atoms with van der Waals surface area (Å²) in [4.78, 5) is 8.91. The topological polar surface area (TPSA) is 51.8 Å². The number of pyridine rings is 2. The lowest BCUT2D eigenvalue weighted by Gasteiger charge is -2.07. The molecule has 0 saturated carbocycles. The first kappa shape index (κ1) is 11.8. The molecule has 19 heavy (non-hydrogen) atoms. The van der Waals surface area contributed by atoms with Gasteiger partial charge < -0.3 is 5.73 Å². The molecular formula is C16H15N3. The van der Waals surface area contributed by atoms with E-state index in [2.05, 4.69) is 28.2 Å². The van der Waals surface area contributed by atoms with E-state index in [0.717, 1.165) is 27.7 Å². The van der Waals surface area contributed by atoms with Gasteiger partial charge in [-0.15, -0.1) is 0 Å². The fraction of sp³-hybridized carbons (Fsp3) is 0.125. The predicted octanol–water partition coefficient (Wildman–Crippen LogP) is 3.32. The van der Waals surface area contributed by atoms with Gasteiger partial charge in [-0.1, -0.05) is 24.3 Å². The Kier molecular flexibility index (Phi) is 2.97. The standard InChI is InChI=1S/C16H15N3/c1-11(17)13-8-14(10-18-9-13)16-7-6-12-4-2-3-5-15(12)19-16/h2-11H,17H2,1H3. The third-order valence-corrected chi connectivity index (χ3v) is 3.18. The Morgan fingerprint density at radius 3 is 2.74 bits per heavy atom. The predicted molar refractivity (Wildman–Crippen MR) is 77.6 cm³/mol. The first-order valence-electron chi connectivity index (χ1n) is 6.31. The van der Waals surface area contributed by atoms with Gasteiger partial charge in [-0.3, -0.25) is 4.98 Å². The summed E-state index contributed by atoms with van der Waals surface area (Å²) >= 11 is 0. The van der Waals surface area contributed by atoms with Gasteiger partial charge in [0.1, 0.15) is 0 Å². The van der Waals surface area contributed by atoms with E-state index in [1.165, 1.54) is 0 Å². The monoisotopic (exact) mass is 249 g/mol. The summed E-state index contributed by atoms with van der Waals surface area (Å²) in [7, 11) is 0. The van der Waals surface area contributed by atoms with Gasteiger partial charge in [0.25, 0.3) is 0 Å². The molecule has 0 aliphatic rings. The van der Waals surface area contributed by atoms with Crippen LogP contribution in [0.3, 0.4) is 0 Å². The van der Waals surface area contributed by atoms with Crippen LogP contribution in [0.25, 0.3) is 22.2 Å². The van der Waals surface area contributed by atoms with Crippen LogP contribution in [0.5, 0.6) is 0 Å². The SMILES string of the molecule is CC(N)c1cncc(-c2ccc3ccccc3n2)c1. The van der Waals surface area contributed by atoms with E-state index in [-0.39, 0.29) is 6.04 Å². The lowest BCUT2D eigenvalue weighted by Crippen LogP contribution is -2.05. The molecule has 0 spiro atoms. The van der Waals surface area contributed by atoms with Gasteiger partial charge >= 0.3 is 0 Å². The summed E-state index contributed by atoms with van der Waals surface area (Å²) in [5.74, 6) is 0. The Labute approximate surface area is 112 Å².